The van der Waals surface area contributed by atoms with Gasteiger partial charge in [-0.15, -0.1) is 24.0 Å². The minimum Gasteiger partial charge on any atom is -0.315 e. The Hall–Kier alpha value is 1.02. The van der Waals surface area contributed by atoms with Gasteiger partial charge in [-0.2, -0.15) is 0 Å². The molecular formula is C4H10BrCl2N. The van der Waals surface area contributed by atoms with E-state index in [9.17, 15) is 0 Å². The van der Waals surface area contributed by atoms with Gasteiger partial charge in [0, 0.05) is 24.3 Å². The van der Waals surface area contributed by atoms with Crippen LogP contribution in [0.2, 0.25) is 0 Å². The maximum atomic E-state index is 5.36. The molecule has 1 N–H and O–H groups in total. The summed E-state index contributed by atoms with van der Waals surface area (Å²) in [6.45, 7) is 1.92. The molecule has 0 unspecified atom stereocenters. The van der Waals surface area contributed by atoms with Gasteiger partial charge in [-0.1, -0.05) is 15.9 Å². The topological polar surface area (TPSA) is 12.0 Å². The van der Waals surface area contributed by atoms with Crippen molar-refractivity contribution >= 4 is 39.9 Å². The Morgan fingerprint density at radius 3 is 2.38 bits per heavy atom. The van der Waals surface area contributed by atoms with Crippen LogP contribution < -0.4 is 5.32 Å². The SMILES string of the molecule is Cl.ClCCNCCBr. The molecule has 0 saturated carbocycles. The Labute approximate surface area is 69.7 Å². The summed E-state index contributed by atoms with van der Waals surface area (Å²) in [5.74, 6) is 0.701. The second-order valence-corrected chi connectivity index (χ2v) is 2.30. The van der Waals surface area contributed by atoms with Crippen LogP contribution in [0.25, 0.3) is 0 Å². The minimum absolute atomic E-state index is 0. The van der Waals surface area contributed by atoms with Crippen LogP contribution >= 0.6 is 39.9 Å². The van der Waals surface area contributed by atoms with Gasteiger partial charge in [0.05, 0.1) is 0 Å². The zero-order chi connectivity index (χ0) is 5.54. The smallest absolute Gasteiger partial charge is 0.0348 e. The first kappa shape index (κ1) is 11.8. The fraction of sp³-hybridized carbons (Fsp3) is 1.00. The van der Waals surface area contributed by atoms with E-state index >= 15 is 0 Å². The first-order chi connectivity index (χ1) is 3.41. The van der Waals surface area contributed by atoms with Crippen molar-refractivity contribution in [2.45, 2.75) is 0 Å². The molecule has 0 bridgehead atoms. The predicted octanol–water partition coefficient (Wildman–Crippen LogP) is 1.63. The van der Waals surface area contributed by atoms with Gasteiger partial charge in [-0.3, -0.25) is 0 Å². The van der Waals surface area contributed by atoms with Gasteiger partial charge in [0.25, 0.3) is 0 Å². The molecule has 0 aromatic rings. The molecule has 0 aliphatic heterocycles. The van der Waals surface area contributed by atoms with Gasteiger partial charge >= 0.3 is 0 Å². The molecule has 0 spiro atoms. The maximum absolute atomic E-state index is 5.36. The highest BCUT2D eigenvalue weighted by molar-refractivity contribution is 9.09. The highest BCUT2D eigenvalue weighted by Gasteiger charge is 1.78. The van der Waals surface area contributed by atoms with Crippen LogP contribution in [-0.4, -0.2) is 24.3 Å². The molecular weight excluding hydrogens is 213 g/mol. The summed E-state index contributed by atoms with van der Waals surface area (Å²) in [6, 6.07) is 0. The second kappa shape index (κ2) is 10.9. The van der Waals surface area contributed by atoms with E-state index in [2.05, 4.69) is 21.2 Å². The van der Waals surface area contributed by atoms with Gasteiger partial charge < -0.3 is 5.32 Å². The van der Waals surface area contributed by atoms with Gasteiger partial charge in [-0.25, -0.2) is 0 Å². The van der Waals surface area contributed by atoms with Crippen molar-refractivity contribution in [1.82, 2.24) is 5.32 Å². The standard InChI is InChI=1S/C4H9BrClN.ClH/c5-1-3-7-4-2-6;/h7H,1-4H2;1H. The van der Waals surface area contributed by atoms with Gasteiger partial charge in [0.1, 0.15) is 0 Å². The summed E-state index contributed by atoms with van der Waals surface area (Å²) in [5.41, 5.74) is 0. The number of rotatable bonds is 4. The summed E-state index contributed by atoms with van der Waals surface area (Å²) in [7, 11) is 0. The highest BCUT2D eigenvalue weighted by atomic mass is 79.9. The largest absolute Gasteiger partial charge is 0.315 e. The lowest BCUT2D eigenvalue weighted by Gasteiger charge is -1.93. The average Bonchev–Trinajstić information content (AvgIpc) is 1.69. The van der Waals surface area contributed by atoms with E-state index in [0.29, 0.717) is 5.88 Å². The molecule has 8 heavy (non-hydrogen) atoms. The van der Waals surface area contributed by atoms with Crippen molar-refractivity contribution in [2.24, 2.45) is 0 Å². The van der Waals surface area contributed by atoms with E-state index in [1.54, 1.807) is 0 Å². The minimum atomic E-state index is 0. The molecule has 0 rings (SSSR count). The predicted molar refractivity (Wildman–Crippen MR) is 44.6 cm³/mol. The van der Waals surface area contributed by atoms with Crippen molar-refractivity contribution in [3.05, 3.63) is 0 Å². The molecule has 0 radical (unpaired) electrons. The lowest BCUT2D eigenvalue weighted by atomic mass is 10.7. The Kier molecular flexibility index (Phi) is 16.0. The average molecular weight is 223 g/mol. The first-order valence-electron chi connectivity index (χ1n) is 2.24. The van der Waals surface area contributed by atoms with Crippen molar-refractivity contribution in [3.63, 3.8) is 0 Å². The van der Waals surface area contributed by atoms with Crippen LogP contribution in [0.3, 0.4) is 0 Å². The third-order valence-electron chi connectivity index (χ3n) is 0.543. The van der Waals surface area contributed by atoms with Gasteiger partial charge in [0.2, 0.25) is 0 Å². The molecule has 4 heteroatoms. The molecule has 0 amide bonds. The third kappa shape index (κ3) is 10.1. The Balaban J connectivity index is 0. The monoisotopic (exact) mass is 221 g/mol. The molecule has 0 saturated heterocycles. The number of alkyl halides is 2. The lowest BCUT2D eigenvalue weighted by molar-refractivity contribution is 0.775. The van der Waals surface area contributed by atoms with Crippen molar-refractivity contribution in [3.8, 4) is 0 Å². The zero-order valence-corrected chi connectivity index (χ0v) is 7.65. The molecule has 0 aliphatic carbocycles. The van der Waals surface area contributed by atoms with Crippen molar-refractivity contribution in [2.75, 3.05) is 24.3 Å². The van der Waals surface area contributed by atoms with E-state index < -0.39 is 0 Å². The molecule has 0 aromatic carbocycles. The van der Waals surface area contributed by atoms with Gasteiger partial charge in [0.15, 0.2) is 0 Å². The quantitative estimate of drug-likeness (QED) is 0.564. The van der Waals surface area contributed by atoms with E-state index in [4.69, 9.17) is 11.6 Å². The van der Waals surface area contributed by atoms with Crippen LogP contribution in [0.4, 0.5) is 0 Å². The van der Waals surface area contributed by atoms with Crippen LogP contribution in [0, 0.1) is 0 Å². The molecule has 1 nitrogen and oxygen atoms in total. The van der Waals surface area contributed by atoms with E-state index in [1.165, 1.54) is 0 Å². The van der Waals surface area contributed by atoms with Gasteiger partial charge in [-0.05, 0) is 0 Å². The molecule has 0 aromatic heterocycles. The fourth-order valence-electron chi connectivity index (χ4n) is 0.259. The summed E-state index contributed by atoms with van der Waals surface area (Å²) in [5, 5.41) is 4.11. The summed E-state index contributed by atoms with van der Waals surface area (Å²) in [4.78, 5) is 0. The number of hydrogen-bond acceptors (Lipinski definition) is 1. The number of hydrogen-bond donors (Lipinski definition) is 1. The van der Waals surface area contributed by atoms with E-state index in [-0.39, 0.29) is 12.4 Å². The van der Waals surface area contributed by atoms with Crippen LogP contribution in [0.5, 0.6) is 0 Å². The zero-order valence-electron chi connectivity index (χ0n) is 4.49. The van der Waals surface area contributed by atoms with Crippen LogP contribution in [-0.2, 0) is 0 Å². The van der Waals surface area contributed by atoms with Crippen LogP contribution in [0.15, 0.2) is 0 Å². The molecule has 0 heterocycles. The number of nitrogens with one attached hydrogen (secondary N) is 1. The molecule has 52 valence electrons. The molecule has 0 aliphatic rings. The normalized spacial score (nSPS) is 8.25. The third-order valence-corrected chi connectivity index (χ3v) is 1.13. The summed E-state index contributed by atoms with van der Waals surface area (Å²) < 4.78 is 0. The van der Waals surface area contributed by atoms with Crippen molar-refractivity contribution < 1.29 is 0 Å². The molecule has 0 atom stereocenters. The van der Waals surface area contributed by atoms with Crippen molar-refractivity contribution in [1.29, 1.82) is 0 Å². The Bertz CT molecular complexity index is 33.2. The van der Waals surface area contributed by atoms with E-state index in [1.807, 2.05) is 0 Å². The Morgan fingerprint density at radius 1 is 1.38 bits per heavy atom. The summed E-state index contributed by atoms with van der Waals surface area (Å²) >= 11 is 8.63. The fourth-order valence-corrected chi connectivity index (χ4v) is 0.673. The summed E-state index contributed by atoms with van der Waals surface area (Å²) in [6.07, 6.45) is 0. The van der Waals surface area contributed by atoms with E-state index in [0.717, 1.165) is 18.4 Å². The maximum Gasteiger partial charge on any atom is 0.0348 e. The van der Waals surface area contributed by atoms with Crippen LogP contribution in [0.1, 0.15) is 0 Å². The highest BCUT2D eigenvalue weighted by Crippen LogP contribution is 1.74. The lowest BCUT2D eigenvalue weighted by Crippen LogP contribution is -2.18. The first-order valence-corrected chi connectivity index (χ1v) is 3.90. The number of halogens is 3. The Morgan fingerprint density at radius 2 is 2.00 bits per heavy atom. The second-order valence-electron chi connectivity index (χ2n) is 1.13. The molecule has 0 fully saturated rings.